The maximum atomic E-state index is 12.1. The van der Waals surface area contributed by atoms with Crippen LogP contribution in [0.4, 0.5) is 0 Å². The minimum Gasteiger partial charge on any atom is -0.497 e. The molecule has 0 fully saturated rings. The van der Waals surface area contributed by atoms with Gasteiger partial charge < -0.3 is 4.74 Å². The smallest absolute Gasteiger partial charge is 0.290 e. The molecule has 0 aliphatic rings. The summed E-state index contributed by atoms with van der Waals surface area (Å²) in [6.07, 6.45) is 5.56. The van der Waals surface area contributed by atoms with Crippen LogP contribution in [-0.2, 0) is 14.9 Å². The molecule has 0 spiro atoms. The van der Waals surface area contributed by atoms with Gasteiger partial charge in [-0.15, -0.1) is 6.42 Å². The van der Waals surface area contributed by atoms with Gasteiger partial charge in [-0.25, -0.2) is 0 Å². The van der Waals surface area contributed by atoms with E-state index in [0.717, 1.165) is 5.56 Å². The second-order valence-electron chi connectivity index (χ2n) is 4.90. The zero-order valence-electron chi connectivity index (χ0n) is 12.3. The van der Waals surface area contributed by atoms with E-state index >= 15 is 0 Å². The van der Waals surface area contributed by atoms with Crippen LogP contribution < -0.4 is 4.74 Å². The molecule has 2 rings (SSSR count). The first kappa shape index (κ1) is 16.1. The van der Waals surface area contributed by atoms with Crippen molar-refractivity contribution in [1.82, 2.24) is 0 Å². The summed E-state index contributed by atoms with van der Waals surface area (Å²) in [5.41, 5.74) is 1.51. The van der Waals surface area contributed by atoms with E-state index in [-0.39, 0.29) is 5.56 Å². The highest BCUT2D eigenvalue weighted by Gasteiger charge is 2.45. The van der Waals surface area contributed by atoms with E-state index in [0.29, 0.717) is 11.3 Å². The van der Waals surface area contributed by atoms with Crippen LogP contribution in [0.5, 0.6) is 5.75 Å². The largest absolute Gasteiger partial charge is 0.497 e. The molecule has 0 saturated heterocycles. The minimum absolute atomic E-state index is 0.251. The molecule has 0 bridgehead atoms. The molecule has 5 heteroatoms. The SMILES string of the molecule is C#CC(c1ccc(C)cc1)(c1cccc(OC)c1)S(=O)(=O)O. The molecule has 0 aromatic heterocycles. The molecular formula is C17H16O4S. The standard InChI is InChI=1S/C17H16O4S/c1-4-17(22(18,19)20,14-10-8-13(2)9-11-14)15-6-5-7-16(12-15)21-3/h1,5-12H,2-3H3,(H,18,19,20). The van der Waals surface area contributed by atoms with E-state index in [4.69, 9.17) is 11.2 Å². The number of rotatable bonds is 4. The van der Waals surface area contributed by atoms with Crippen molar-refractivity contribution in [3.05, 3.63) is 65.2 Å². The average molecular weight is 316 g/mol. The van der Waals surface area contributed by atoms with Crippen LogP contribution in [0.3, 0.4) is 0 Å². The topological polar surface area (TPSA) is 63.6 Å². The first-order valence-corrected chi connectivity index (χ1v) is 7.95. The lowest BCUT2D eigenvalue weighted by Crippen LogP contribution is -2.35. The molecule has 1 N–H and O–H groups in total. The molecule has 2 aromatic carbocycles. The van der Waals surface area contributed by atoms with E-state index in [1.165, 1.54) is 13.2 Å². The van der Waals surface area contributed by atoms with Gasteiger partial charge in [-0.2, -0.15) is 8.42 Å². The van der Waals surface area contributed by atoms with Crippen molar-refractivity contribution in [1.29, 1.82) is 0 Å². The zero-order valence-corrected chi connectivity index (χ0v) is 13.1. The normalized spacial score (nSPS) is 13.9. The summed E-state index contributed by atoms with van der Waals surface area (Å²) in [5.74, 6) is 2.72. The number of aryl methyl sites for hydroxylation is 1. The van der Waals surface area contributed by atoms with Crippen LogP contribution in [0.25, 0.3) is 0 Å². The lowest BCUT2D eigenvalue weighted by atomic mass is 9.90. The van der Waals surface area contributed by atoms with Crippen LogP contribution in [-0.4, -0.2) is 20.1 Å². The summed E-state index contributed by atoms with van der Waals surface area (Å²) in [4.78, 5) is 0. The number of ether oxygens (including phenoxy) is 1. The van der Waals surface area contributed by atoms with Crippen molar-refractivity contribution in [3.63, 3.8) is 0 Å². The molecule has 0 amide bonds. The van der Waals surface area contributed by atoms with Gasteiger partial charge in [0, 0.05) is 0 Å². The summed E-state index contributed by atoms with van der Waals surface area (Å²) in [7, 11) is -3.14. The van der Waals surface area contributed by atoms with Crippen molar-refractivity contribution < 1.29 is 17.7 Å². The molecular weight excluding hydrogens is 300 g/mol. The van der Waals surface area contributed by atoms with Crippen molar-refractivity contribution in [2.24, 2.45) is 0 Å². The quantitative estimate of drug-likeness (QED) is 0.696. The fourth-order valence-electron chi connectivity index (χ4n) is 2.34. The Morgan fingerprint density at radius 3 is 2.27 bits per heavy atom. The van der Waals surface area contributed by atoms with Crippen molar-refractivity contribution in [2.75, 3.05) is 7.11 Å². The van der Waals surface area contributed by atoms with Gasteiger partial charge in [0.15, 0.2) is 0 Å². The molecule has 0 aliphatic carbocycles. The number of methoxy groups -OCH3 is 1. The number of hydrogen-bond donors (Lipinski definition) is 1. The molecule has 2 aromatic rings. The number of terminal acetylenes is 1. The summed E-state index contributed by atoms with van der Waals surface area (Å²) >= 11 is 0. The number of benzene rings is 2. The summed E-state index contributed by atoms with van der Waals surface area (Å²) in [5, 5.41) is 0. The Hall–Kier alpha value is -2.29. The van der Waals surface area contributed by atoms with Gasteiger partial charge >= 0.3 is 0 Å². The summed E-state index contributed by atoms with van der Waals surface area (Å²) < 4.78 is 37.3. The van der Waals surface area contributed by atoms with Gasteiger partial charge in [0.1, 0.15) is 5.75 Å². The molecule has 4 nitrogen and oxygen atoms in total. The van der Waals surface area contributed by atoms with Crippen LogP contribution in [0.2, 0.25) is 0 Å². The average Bonchev–Trinajstić information content (AvgIpc) is 2.49. The predicted molar refractivity (Wildman–Crippen MR) is 85.3 cm³/mol. The molecule has 0 heterocycles. The predicted octanol–water partition coefficient (Wildman–Crippen LogP) is 2.77. The Balaban J connectivity index is 2.81. The van der Waals surface area contributed by atoms with E-state index in [2.05, 4.69) is 5.92 Å². The third kappa shape index (κ3) is 2.59. The Kier molecular flexibility index (Phi) is 4.27. The van der Waals surface area contributed by atoms with E-state index in [1.54, 1.807) is 42.5 Å². The van der Waals surface area contributed by atoms with Gasteiger partial charge in [0.05, 0.1) is 7.11 Å². The van der Waals surface area contributed by atoms with Crippen molar-refractivity contribution in [2.45, 2.75) is 11.7 Å². The maximum Gasteiger partial charge on any atom is 0.290 e. The Morgan fingerprint density at radius 2 is 1.77 bits per heavy atom. The molecule has 1 atom stereocenters. The fraction of sp³-hybridized carbons (Fsp3) is 0.176. The van der Waals surface area contributed by atoms with Crippen molar-refractivity contribution >= 4 is 10.1 Å². The van der Waals surface area contributed by atoms with Gasteiger partial charge in [-0.05, 0) is 30.2 Å². The molecule has 22 heavy (non-hydrogen) atoms. The van der Waals surface area contributed by atoms with E-state index in [9.17, 15) is 13.0 Å². The van der Waals surface area contributed by atoms with Crippen LogP contribution in [0.1, 0.15) is 16.7 Å². The molecule has 1 unspecified atom stereocenters. The first-order chi connectivity index (χ1) is 10.3. The summed E-state index contributed by atoms with van der Waals surface area (Å²) in [6, 6.07) is 13.0. The lowest BCUT2D eigenvalue weighted by Gasteiger charge is -2.26. The fourth-order valence-corrected chi connectivity index (χ4v) is 3.34. The highest BCUT2D eigenvalue weighted by molar-refractivity contribution is 7.87. The van der Waals surface area contributed by atoms with Crippen molar-refractivity contribution in [3.8, 4) is 18.1 Å². The third-order valence-corrected chi connectivity index (χ3v) is 4.89. The van der Waals surface area contributed by atoms with Crippen LogP contribution >= 0.6 is 0 Å². The van der Waals surface area contributed by atoms with Crippen LogP contribution in [0.15, 0.2) is 48.5 Å². The Bertz CT molecular complexity index is 816. The third-order valence-electron chi connectivity index (χ3n) is 3.52. The first-order valence-electron chi connectivity index (χ1n) is 6.51. The van der Waals surface area contributed by atoms with E-state index < -0.39 is 14.9 Å². The second-order valence-corrected chi connectivity index (χ2v) is 6.46. The molecule has 0 radical (unpaired) electrons. The van der Waals surface area contributed by atoms with Crippen LogP contribution in [0, 0.1) is 19.3 Å². The zero-order chi connectivity index (χ0) is 16.4. The van der Waals surface area contributed by atoms with Gasteiger partial charge in [0.2, 0.25) is 4.75 Å². The summed E-state index contributed by atoms with van der Waals surface area (Å²) in [6.45, 7) is 1.88. The highest BCUT2D eigenvalue weighted by Crippen LogP contribution is 2.38. The molecule has 0 aliphatic heterocycles. The molecule has 114 valence electrons. The lowest BCUT2D eigenvalue weighted by molar-refractivity contribution is 0.413. The Labute approximate surface area is 130 Å². The van der Waals surface area contributed by atoms with E-state index in [1.807, 2.05) is 6.92 Å². The minimum atomic E-state index is -4.61. The maximum absolute atomic E-state index is 12.1. The van der Waals surface area contributed by atoms with Gasteiger partial charge in [0.25, 0.3) is 10.1 Å². The Morgan fingerprint density at radius 1 is 1.14 bits per heavy atom. The highest BCUT2D eigenvalue weighted by atomic mass is 32.2. The molecule has 0 saturated carbocycles. The monoisotopic (exact) mass is 316 g/mol. The number of hydrogen-bond acceptors (Lipinski definition) is 3. The van der Waals surface area contributed by atoms with Gasteiger partial charge in [-0.1, -0.05) is 47.9 Å². The second kappa shape index (κ2) is 5.84. The van der Waals surface area contributed by atoms with Gasteiger partial charge in [-0.3, -0.25) is 4.55 Å².